The average molecular weight is 375 g/mol. The second-order valence-corrected chi connectivity index (χ2v) is 7.66. The second-order valence-electron chi connectivity index (χ2n) is 7.66. The van der Waals surface area contributed by atoms with Crippen molar-refractivity contribution in [3.05, 3.63) is 77.6 Å². The fourth-order valence-electron chi connectivity index (χ4n) is 4.22. The monoisotopic (exact) mass is 375 g/mol. The molecule has 0 fully saturated rings. The van der Waals surface area contributed by atoms with Gasteiger partial charge in [0.2, 0.25) is 11.6 Å². The molecule has 5 heteroatoms. The minimum Gasteiger partial charge on any atom is -0.481 e. The third-order valence-electron chi connectivity index (χ3n) is 5.68. The Kier molecular flexibility index (Phi) is 4.59. The Balaban J connectivity index is 1.56. The zero-order valence-electron chi connectivity index (χ0n) is 15.8. The number of benzene rings is 2. The Morgan fingerprint density at radius 1 is 1.04 bits per heavy atom. The summed E-state index contributed by atoms with van der Waals surface area (Å²) < 4.78 is 2.00. The van der Waals surface area contributed by atoms with Gasteiger partial charge in [-0.25, -0.2) is 4.57 Å². The zero-order chi connectivity index (χ0) is 19.7. The van der Waals surface area contributed by atoms with Gasteiger partial charge < -0.3 is 10.4 Å². The van der Waals surface area contributed by atoms with Crippen molar-refractivity contribution in [3.8, 4) is 0 Å². The van der Waals surface area contributed by atoms with Crippen molar-refractivity contribution in [3.63, 3.8) is 0 Å². The summed E-state index contributed by atoms with van der Waals surface area (Å²) in [6.07, 6.45) is 2.79. The van der Waals surface area contributed by atoms with Crippen LogP contribution < -0.4 is 9.88 Å². The van der Waals surface area contributed by atoms with E-state index in [1.54, 1.807) is 0 Å². The maximum atomic E-state index is 13.1. The molecule has 0 unspecified atom stereocenters. The van der Waals surface area contributed by atoms with Crippen LogP contribution in [0.1, 0.15) is 23.2 Å². The lowest BCUT2D eigenvalue weighted by Gasteiger charge is -2.25. The number of carbonyl (C=O) groups is 2. The molecule has 28 heavy (non-hydrogen) atoms. The third-order valence-corrected chi connectivity index (χ3v) is 5.68. The number of hydrogen-bond donors (Lipinski definition) is 2. The Bertz CT molecular complexity index is 1050. The van der Waals surface area contributed by atoms with Crippen LogP contribution in [0.3, 0.4) is 0 Å². The molecular formula is C23H23N2O3+. The van der Waals surface area contributed by atoms with E-state index in [0.29, 0.717) is 19.4 Å². The predicted molar refractivity (Wildman–Crippen MR) is 106 cm³/mol. The molecule has 1 aliphatic rings. The number of aliphatic carboxylic acids is 1. The van der Waals surface area contributed by atoms with Gasteiger partial charge in [0, 0.05) is 11.5 Å². The van der Waals surface area contributed by atoms with Crippen LogP contribution in [0.2, 0.25) is 0 Å². The summed E-state index contributed by atoms with van der Waals surface area (Å²) in [6.45, 7) is 0.359. The van der Waals surface area contributed by atoms with E-state index in [1.165, 1.54) is 0 Å². The van der Waals surface area contributed by atoms with Crippen molar-refractivity contribution < 1.29 is 19.3 Å². The first-order valence-electron chi connectivity index (χ1n) is 9.41. The minimum absolute atomic E-state index is 0.169. The van der Waals surface area contributed by atoms with Gasteiger partial charge in [-0.05, 0) is 35.4 Å². The molecule has 0 saturated carbocycles. The van der Waals surface area contributed by atoms with Crippen molar-refractivity contribution in [1.29, 1.82) is 0 Å². The van der Waals surface area contributed by atoms with E-state index in [-0.39, 0.29) is 12.3 Å². The molecule has 0 saturated heterocycles. The summed E-state index contributed by atoms with van der Waals surface area (Å²) in [5, 5.41) is 14.7. The number of carboxylic acids is 1. The Morgan fingerprint density at radius 3 is 2.29 bits per heavy atom. The van der Waals surface area contributed by atoms with Gasteiger partial charge in [0.15, 0.2) is 6.20 Å². The molecule has 0 atom stereocenters. The van der Waals surface area contributed by atoms with E-state index in [1.807, 2.05) is 60.3 Å². The number of amides is 1. The van der Waals surface area contributed by atoms with Gasteiger partial charge in [0.25, 0.3) is 0 Å². The highest BCUT2D eigenvalue weighted by atomic mass is 16.4. The number of aromatic nitrogens is 1. The van der Waals surface area contributed by atoms with Crippen LogP contribution in [0, 0.1) is 5.41 Å². The third kappa shape index (κ3) is 3.36. The second kappa shape index (κ2) is 7.08. The molecule has 0 bridgehead atoms. The van der Waals surface area contributed by atoms with Gasteiger partial charge >= 0.3 is 5.97 Å². The van der Waals surface area contributed by atoms with Crippen molar-refractivity contribution in [2.24, 2.45) is 12.5 Å². The van der Waals surface area contributed by atoms with Crippen LogP contribution in [0.15, 0.2) is 60.8 Å². The van der Waals surface area contributed by atoms with Crippen LogP contribution in [-0.4, -0.2) is 17.0 Å². The fraction of sp³-hybridized carbons (Fsp3) is 0.261. The number of carboxylic acid groups (broad SMARTS) is 1. The summed E-state index contributed by atoms with van der Waals surface area (Å²) in [5.74, 6) is -1.14. The van der Waals surface area contributed by atoms with Crippen molar-refractivity contribution in [2.75, 3.05) is 0 Å². The first kappa shape index (κ1) is 18.2. The van der Waals surface area contributed by atoms with E-state index in [2.05, 4.69) is 17.4 Å². The first-order chi connectivity index (χ1) is 13.5. The number of nitrogens with one attached hydrogen (secondary N) is 1. The van der Waals surface area contributed by atoms with E-state index >= 15 is 0 Å². The van der Waals surface area contributed by atoms with Crippen molar-refractivity contribution in [1.82, 2.24) is 5.32 Å². The number of hydrogen-bond acceptors (Lipinski definition) is 2. The Labute approximate surface area is 163 Å². The largest absolute Gasteiger partial charge is 0.481 e. The highest BCUT2D eigenvalue weighted by Crippen LogP contribution is 2.40. The molecule has 4 rings (SSSR count). The normalized spacial score (nSPS) is 14.6. The maximum absolute atomic E-state index is 13.1. The van der Waals surface area contributed by atoms with E-state index in [4.69, 9.17) is 0 Å². The van der Waals surface area contributed by atoms with Crippen molar-refractivity contribution in [2.45, 2.75) is 25.8 Å². The summed E-state index contributed by atoms with van der Waals surface area (Å²) in [5.41, 5.74) is 2.17. The summed E-state index contributed by atoms with van der Waals surface area (Å²) in [7, 11) is 1.95. The molecule has 2 N–H and O–H groups in total. The zero-order valence-corrected chi connectivity index (χ0v) is 15.8. The Hall–Kier alpha value is -3.21. The highest BCUT2D eigenvalue weighted by molar-refractivity contribution is 5.88. The first-order valence-corrected chi connectivity index (χ1v) is 9.41. The van der Waals surface area contributed by atoms with Crippen LogP contribution in [0.5, 0.6) is 0 Å². The highest BCUT2D eigenvalue weighted by Gasteiger charge is 2.45. The van der Waals surface area contributed by atoms with Gasteiger partial charge in [0.05, 0.1) is 11.8 Å². The summed E-state index contributed by atoms with van der Waals surface area (Å²) >= 11 is 0. The number of carbonyl (C=O) groups excluding carboxylic acids is 1. The molecule has 1 aromatic heterocycles. The quantitative estimate of drug-likeness (QED) is 0.674. The Morgan fingerprint density at radius 2 is 1.64 bits per heavy atom. The summed E-state index contributed by atoms with van der Waals surface area (Å²) in [6, 6.07) is 18.0. The van der Waals surface area contributed by atoms with E-state index in [0.717, 1.165) is 27.6 Å². The van der Waals surface area contributed by atoms with Gasteiger partial charge in [-0.2, -0.15) is 0 Å². The van der Waals surface area contributed by atoms with Gasteiger partial charge in [-0.3, -0.25) is 9.59 Å². The molecule has 3 aromatic rings. The molecule has 1 heterocycles. The lowest BCUT2D eigenvalue weighted by molar-refractivity contribution is -0.678. The number of fused-ring (bicyclic) bond motifs is 2. The topological polar surface area (TPSA) is 70.3 Å². The standard InChI is InChI=1S/C23H22N2O3/c1-25-15-19-9-5-2-6-16(19)10-20(25)14-24-22(28)23(13-21(26)27)11-17-7-3-4-8-18(17)12-23/h2-10,15H,11-14H2,1H3,(H-,24,26,27,28)/p+1. The maximum Gasteiger partial charge on any atom is 0.304 e. The van der Waals surface area contributed by atoms with Crippen molar-refractivity contribution >= 4 is 22.6 Å². The molecule has 2 aromatic carbocycles. The molecule has 5 nitrogen and oxygen atoms in total. The van der Waals surface area contributed by atoms with E-state index < -0.39 is 11.4 Å². The molecule has 0 aliphatic heterocycles. The van der Waals surface area contributed by atoms with Gasteiger partial charge in [0.1, 0.15) is 13.6 Å². The predicted octanol–water partition coefficient (Wildman–Crippen LogP) is 2.54. The molecule has 1 aliphatic carbocycles. The number of nitrogens with zero attached hydrogens (tertiary/aromatic N) is 1. The van der Waals surface area contributed by atoms with Crippen LogP contribution in [0.4, 0.5) is 0 Å². The average Bonchev–Trinajstić information content (AvgIpc) is 3.04. The van der Waals surface area contributed by atoms with Crippen LogP contribution in [0.25, 0.3) is 10.8 Å². The fourth-order valence-corrected chi connectivity index (χ4v) is 4.22. The molecule has 142 valence electrons. The molecule has 1 amide bonds. The van der Waals surface area contributed by atoms with Gasteiger partial charge in [-0.1, -0.05) is 42.5 Å². The minimum atomic E-state index is -0.945. The van der Waals surface area contributed by atoms with Gasteiger partial charge in [-0.15, -0.1) is 0 Å². The molecule has 0 spiro atoms. The molecular weight excluding hydrogens is 352 g/mol. The number of pyridine rings is 1. The SMILES string of the molecule is C[n+]1cc2ccccc2cc1CNC(=O)C1(CC(=O)O)Cc2ccccc2C1. The number of rotatable bonds is 5. The van der Waals surface area contributed by atoms with Crippen LogP contribution in [-0.2, 0) is 36.0 Å². The molecule has 0 radical (unpaired) electrons. The number of aryl methyl sites for hydroxylation is 1. The summed E-state index contributed by atoms with van der Waals surface area (Å²) in [4.78, 5) is 24.6. The van der Waals surface area contributed by atoms with Crippen LogP contribution >= 0.6 is 0 Å². The lowest BCUT2D eigenvalue weighted by atomic mass is 9.80. The van der Waals surface area contributed by atoms with E-state index in [9.17, 15) is 14.7 Å². The smallest absolute Gasteiger partial charge is 0.304 e. The lowest BCUT2D eigenvalue weighted by Crippen LogP contribution is -2.45.